The minimum atomic E-state index is -1.98. The fourth-order valence-corrected chi connectivity index (χ4v) is 8.27. The van der Waals surface area contributed by atoms with Gasteiger partial charge in [-0.25, -0.2) is 0 Å². The Labute approximate surface area is 195 Å². The Morgan fingerprint density at radius 1 is 0.758 bits per heavy atom. The molecule has 4 rings (SSSR count). The molecule has 0 aliphatic rings. The molecule has 0 aliphatic carbocycles. The van der Waals surface area contributed by atoms with Crippen molar-refractivity contribution < 1.29 is 14.6 Å². The van der Waals surface area contributed by atoms with Gasteiger partial charge in [0.1, 0.15) is 41.7 Å². The lowest BCUT2D eigenvalue weighted by molar-refractivity contribution is -0.136. The molecule has 0 fully saturated rings. The number of benzene rings is 4. The Balaban J connectivity index is 1.69. The Morgan fingerprint density at radius 2 is 1.24 bits per heavy atom. The molecule has 5 heteroatoms. The van der Waals surface area contributed by atoms with Gasteiger partial charge < -0.3 is 15.6 Å². The Bertz CT molecular complexity index is 1100. The predicted octanol–water partition coefficient (Wildman–Crippen LogP) is 4.27. The Hall–Kier alpha value is -3.62. The SMILES string of the molecule is Nc1cc(CC(=O)O)ccc1OCC[P+](c1ccccc1)(c1ccccc1)c1ccccc1. The van der Waals surface area contributed by atoms with Gasteiger partial charge in [-0.2, -0.15) is 0 Å². The summed E-state index contributed by atoms with van der Waals surface area (Å²) in [6, 6.07) is 37.2. The van der Waals surface area contributed by atoms with E-state index < -0.39 is 13.2 Å². The molecule has 0 atom stereocenters. The van der Waals surface area contributed by atoms with Crippen LogP contribution in [0.3, 0.4) is 0 Å². The number of anilines is 1. The smallest absolute Gasteiger partial charge is 0.307 e. The molecule has 0 saturated heterocycles. The van der Waals surface area contributed by atoms with Gasteiger partial charge in [0.15, 0.2) is 0 Å². The molecule has 166 valence electrons. The van der Waals surface area contributed by atoms with Crippen LogP contribution in [-0.2, 0) is 11.2 Å². The molecule has 3 N–H and O–H groups in total. The predicted molar refractivity (Wildman–Crippen MR) is 138 cm³/mol. The highest BCUT2D eigenvalue weighted by Crippen LogP contribution is 2.55. The molecule has 0 radical (unpaired) electrons. The first-order chi connectivity index (χ1) is 16.1. The summed E-state index contributed by atoms with van der Waals surface area (Å²) in [7, 11) is -1.98. The largest absolute Gasteiger partial charge is 0.488 e. The number of rotatable bonds is 9. The number of carbonyl (C=O) groups is 1. The van der Waals surface area contributed by atoms with Crippen molar-refractivity contribution in [3.05, 3.63) is 115 Å². The Kier molecular flexibility index (Phi) is 7.07. The van der Waals surface area contributed by atoms with Crippen LogP contribution in [0, 0.1) is 0 Å². The lowest BCUT2D eigenvalue weighted by Crippen LogP contribution is -2.35. The fourth-order valence-electron chi connectivity index (χ4n) is 4.19. The maximum Gasteiger partial charge on any atom is 0.307 e. The molecule has 0 spiro atoms. The van der Waals surface area contributed by atoms with Crippen molar-refractivity contribution in [2.75, 3.05) is 18.5 Å². The fraction of sp³-hybridized carbons (Fsp3) is 0.107. The van der Waals surface area contributed by atoms with Gasteiger partial charge in [0.25, 0.3) is 0 Å². The van der Waals surface area contributed by atoms with E-state index in [0.717, 1.165) is 6.16 Å². The number of hydrogen-bond donors (Lipinski definition) is 2. The van der Waals surface area contributed by atoms with Crippen LogP contribution in [0.2, 0.25) is 0 Å². The van der Waals surface area contributed by atoms with Crippen molar-refractivity contribution in [1.29, 1.82) is 0 Å². The van der Waals surface area contributed by atoms with E-state index in [1.165, 1.54) is 15.9 Å². The third kappa shape index (κ3) is 5.08. The van der Waals surface area contributed by atoms with Crippen LogP contribution in [0.15, 0.2) is 109 Å². The van der Waals surface area contributed by atoms with Gasteiger partial charge in [-0.1, -0.05) is 60.7 Å². The third-order valence-corrected chi connectivity index (χ3v) is 10.1. The average molecular weight is 457 g/mol. The van der Waals surface area contributed by atoms with Crippen LogP contribution in [0.1, 0.15) is 5.56 Å². The quantitative estimate of drug-likeness (QED) is 0.292. The van der Waals surface area contributed by atoms with Gasteiger partial charge in [0.2, 0.25) is 0 Å². The topological polar surface area (TPSA) is 72.6 Å². The van der Waals surface area contributed by atoms with Crippen molar-refractivity contribution in [3.63, 3.8) is 0 Å². The summed E-state index contributed by atoms with van der Waals surface area (Å²) in [6.45, 7) is 0.481. The highest BCUT2D eigenvalue weighted by Gasteiger charge is 2.45. The minimum Gasteiger partial charge on any atom is -0.488 e. The summed E-state index contributed by atoms with van der Waals surface area (Å²) in [5.74, 6) is -0.303. The minimum absolute atomic E-state index is 0.0604. The summed E-state index contributed by atoms with van der Waals surface area (Å²) in [4.78, 5) is 11.0. The molecular weight excluding hydrogens is 429 g/mol. The zero-order chi connectivity index (χ0) is 23.1. The van der Waals surface area contributed by atoms with Gasteiger partial charge in [0.05, 0.1) is 12.1 Å². The lowest BCUT2D eigenvalue weighted by Gasteiger charge is -2.27. The van der Waals surface area contributed by atoms with Crippen LogP contribution < -0.4 is 26.4 Å². The molecule has 0 amide bonds. The third-order valence-electron chi connectivity index (χ3n) is 5.70. The van der Waals surface area contributed by atoms with Crippen molar-refractivity contribution >= 4 is 34.8 Å². The lowest BCUT2D eigenvalue weighted by atomic mass is 10.1. The number of aliphatic carboxylic acids is 1. The first kappa shape index (κ1) is 22.6. The number of nitrogens with two attached hydrogens (primary N) is 1. The summed E-state index contributed by atoms with van der Waals surface area (Å²) in [6.07, 6.45) is 0.747. The van der Waals surface area contributed by atoms with Crippen LogP contribution in [0.4, 0.5) is 5.69 Å². The van der Waals surface area contributed by atoms with Crippen LogP contribution in [0.5, 0.6) is 5.75 Å². The number of carboxylic acid groups (broad SMARTS) is 1. The van der Waals surface area contributed by atoms with E-state index >= 15 is 0 Å². The molecule has 4 aromatic rings. The van der Waals surface area contributed by atoms with Crippen molar-refractivity contribution in [2.24, 2.45) is 0 Å². The highest BCUT2D eigenvalue weighted by molar-refractivity contribution is 7.95. The second-order valence-electron chi connectivity index (χ2n) is 7.83. The van der Waals surface area contributed by atoms with E-state index in [9.17, 15) is 4.79 Å². The summed E-state index contributed by atoms with van der Waals surface area (Å²) < 4.78 is 6.17. The number of hydrogen-bond acceptors (Lipinski definition) is 3. The van der Waals surface area contributed by atoms with E-state index in [4.69, 9.17) is 15.6 Å². The van der Waals surface area contributed by atoms with E-state index in [1.807, 2.05) is 18.2 Å². The number of nitrogen functional groups attached to an aromatic ring is 1. The standard InChI is InChI=1S/C28H26NO3P/c29-26-20-22(21-28(30)31)16-17-27(26)32-18-19-33(23-10-4-1-5-11-23,24-12-6-2-7-13-24)25-14-8-3-9-15-25/h1-17,20H,18-19,21,29H2/p+1. The van der Waals surface area contributed by atoms with Crippen LogP contribution in [-0.4, -0.2) is 23.8 Å². The monoisotopic (exact) mass is 456 g/mol. The van der Waals surface area contributed by atoms with E-state index in [2.05, 4.69) is 72.8 Å². The molecule has 0 saturated carbocycles. The maximum absolute atomic E-state index is 11.0. The molecule has 0 unspecified atom stereocenters. The zero-order valence-corrected chi connectivity index (χ0v) is 19.2. The van der Waals surface area contributed by atoms with E-state index in [1.54, 1.807) is 18.2 Å². The van der Waals surface area contributed by atoms with Crippen molar-refractivity contribution in [1.82, 2.24) is 0 Å². The zero-order valence-electron chi connectivity index (χ0n) is 18.3. The molecule has 0 bridgehead atoms. The molecule has 0 aliphatic heterocycles. The summed E-state index contributed by atoms with van der Waals surface area (Å²) in [5, 5.41) is 12.9. The molecule has 4 nitrogen and oxygen atoms in total. The first-order valence-corrected chi connectivity index (χ1v) is 12.8. The van der Waals surface area contributed by atoms with Crippen LogP contribution in [0.25, 0.3) is 0 Å². The van der Waals surface area contributed by atoms with Gasteiger partial charge in [-0.15, -0.1) is 0 Å². The molecule has 0 heterocycles. The first-order valence-electron chi connectivity index (χ1n) is 10.9. The Morgan fingerprint density at radius 3 is 1.67 bits per heavy atom. The summed E-state index contributed by atoms with van der Waals surface area (Å²) in [5.41, 5.74) is 7.29. The van der Waals surface area contributed by atoms with Crippen molar-refractivity contribution in [3.8, 4) is 5.75 Å². The molecular formula is C28H27NO3P+. The molecule has 33 heavy (non-hydrogen) atoms. The molecule has 0 aromatic heterocycles. The summed E-state index contributed by atoms with van der Waals surface area (Å²) >= 11 is 0. The van der Waals surface area contributed by atoms with Gasteiger partial charge in [-0.05, 0) is 54.1 Å². The van der Waals surface area contributed by atoms with Crippen LogP contribution >= 0.6 is 7.26 Å². The highest BCUT2D eigenvalue weighted by atomic mass is 31.2. The maximum atomic E-state index is 11.0. The average Bonchev–Trinajstić information content (AvgIpc) is 2.84. The second kappa shape index (κ2) is 10.3. The number of carboxylic acids is 1. The normalized spacial score (nSPS) is 11.2. The molecule has 4 aromatic carbocycles. The van der Waals surface area contributed by atoms with Crippen molar-refractivity contribution in [2.45, 2.75) is 6.42 Å². The van der Waals surface area contributed by atoms with E-state index in [0.29, 0.717) is 23.6 Å². The number of ether oxygens (including phenoxy) is 1. The van der Waals surface area contributed by atoms with Gasteiger partial charge in [-0.3, -0.25) is 4.79 Å². The second-order valence-corrected chi connectivity index (χ2v) is 11.4. The van der Waals surface area contributed by atoms with Gasteiger partial charge in [0, 0.05) is 0 Å². The van der Waals surface area contributed by atoms with E-state index in [-0.39, 0.29) is 6.42 Å². The van der Waals surface area contributed by atoms with Gasteiger partial charge >= 0.3 is 5.97 Å².